The van der Waals surface area contributed by atoms with Crippen molar-refractivity contribution in [3.05, 3.63) is 42.0 Å². The van der Waals surface area contributed by atoms with Crippen LogP contribution >= 0.6 is 0 Å². The molecule has 2 N–H and O–H groups in total. The maximum Gasteiger partial charge on any atom is 0.311 e. The van der Waals surface area contributed by atoms with Gasteiger partial charge in [0.1, 0.15) is 5.69 Å². The van der Waals surface area contributed by atoms with Crippen molar-refractivity contribution >= 4 is 15.7 Å². The number of carbonyl (C=O) groups excluding carboxylic acids is 1. The van der Waals surface area contributed by atoms with Crippen LogP contribution in [0.4, 0.5) is 0 Å². The van der Waals surface area contributed by atoms with E-state index in [1.165, 1.54) is 0 Å². The van der Waals surface area contributed by atoms with Gasteiger partial charge in [-0.2, -0.15) is 0 Å². The van der Waals surface area contributed by atoms with Crippen molar-refractivity contribution in [1.29, 1.82) is 0 Å². The normalized spacial score (nSPS) is 16.9. The molecule has 0 bridgehead atoms. The van der Waals surface area contributed by atoms with Gasteiger partial charge in [0.25, 0.3) is 5.89 Å². The van der Waals surface area contributed by atoms with Crippen LogP contribution in [0.1, 0.15) is 43.1 Å². The van der Waals surface area contributed by atoms with Crippen LogP contribution in [0.15, 0.2) is 39.8 Å². The maximum absolute atomic E-state index is 12.7. The van der Waals surface area contributed by atoms with E-state index in [9.17, 15) is 13.2 Å². The third-order valence-corrected chi connectivity index (χ3v) is 7.78. The van der Waals surface area contributed by atoms with E-state index in [0.717, 1.165) is 12.8 Å². The molecule has 33 heavy (non-hydrogen) atoms. The summed E-state index contributed by atoms with van der Waals surface area (Å²) in [4.78, 5) is 23.5. The molecule has 10 nitrogen and oxygen atoms in total. The fraction of sp³-hybridized carbons (Fsp3) is 0.409. The van der Waals surface area contributed by atoms with Crippen molar-refractivity contribution in [3.63, 3.8) is 0 Å². The lowest BCUT2D eigenvalue weighted by atomic mass is 10.1. The number of likely N-dealkylation sites (tertiary alicyclic amines) is 1. The molecule has 1 aromatic carbocycles. The number of nitrogens with two attached hydrogens (primary N) is 1. The molecule has 1 fully saturated rings. The number of aromatic nitrogens is 4. The van der Waals surface area contributed by atoms with E-state index in [1.54, 1.807) is 56.1 Å². The average molecular weight is 471 g/mol. The van der Waals surface area contributed by atoms with Crippen LogP contribution in [0.25, 0.3) is 22.8 Å². The molecule has 3 aromatic rings. The van der Waals surface area contributed by atoms with Crippen LogP contribution in [0.3, 0.4) is 0 Å². The number of carbonyl (C=O) groups is 1. The van der Waals surface area contributed by atoms with E-state index in [4.69, 9.17) is 10.2 Å². The van der Waals surface area contributed by atoms with E-state index < -0.39 is 15.1 Å². The fourth-order valence-corrected chi connectivity index (χ4v) is 4.67. The van der Waals surface area contributed by atoms with Gasteiger partial charge in [-0.1, -0.05) is 12.1 Å². The first-order valence-corrected chi connectivity index (χ1v) is 12.3. The van der Waals surface area contributed by atoms with Gasteiger partial charge in [-0.15, -0.1) is 10.2 Å². The third kappa shape index (κ3) is 4.64. The smallest absolute Gasteiger partial charge is 0.311 e. The molecular weight excluding hydrogens is 444 g/mol. The number of nitrogens with zero attached hydrogens (tertiary/aromatic N) is 5. The van der Waals surface area contributed by atoms with Gasteiger partial charge in [-0.25, -0.2) is 13.4 Å². The van der Waals surface area contributed by atoms with Crippen molar-refractivity contribution in [3.8, 4) is 22.8 Å². The van der Waals surface area contributed by atoms with Crippen LogP contribution in [-0.4, -0.2) is 63.8 Å². The highest BCUT2D eigenvalue weighted by Crippen LogP contribution is 2.26. The Morgan fingerprint density at radius 1 is 1.21 bits per heavy atom. The Balaban J connectivity index is 1.60. The average Bonchev–Trinajstić information content (AvgIpc) is 3.29. The summed E-state index contributed by atoms with van der Waals surface area (Å²) in [6.07, 6.45) is 3.30. The minimum Gasteiger partial charge on any atom is -0.411 e. The fourth-order valence-electron chi connectivity index (χ4n) is 3.61. The molecule has 0 aliphatic carbocycles. The molecular formula is C22H26N6O4S. The van der Waals surface area contributed by atoms with E-state index in [2.05, 4.69) is 20.2 Å². The summed E-state index contributed by atoms with van der Waals surface area (Å²) in [5.41, 5.74) is 8.07. The summed E-state index contributed by atoms with van der Waals surface area (Å²) < 4.78 is 30.4. The first-order chi connectivity index (χ1) is 15.7. The van der Waals surface area contributed by atoms with Gasteiger partial charge in [-0.3, -0.25) is 9.78 Å². The van der Waals surface area contributed by atoms with Crippen molar-refractivity contribution in [2.75, 3.05) is 13.1 Å². The van der Waals surface area contributed by atoms with Gasteiger partial charge in [0, 0.05) is 24.7 Å². The van der Waals surface area contributed by atoms with Crippen LogP contribution in [0, 0.1) is 6.92 Å². The molecule has 4 rings (SSSR count). The highest BCUT2D eigenvalue weighted by molar-refractivity contribution is 7.92. The lowest BCUT2D eigenvalue weighted by Crippen LogP contribution is -2.45. The van der Waals surface area contributed by atoms with E-state index >= 15 is 0 Å². The van der Waals surface area contributed by atoms with Gasteiger partial charge < -0.3 is 15.1 Å². The molecule has 0 spiro atoms. The van der Waals surface area contributed by atoms with Crippen molar-refractivity contribution < 1.29 is 17.6 Å². The molecule has 174 valence electrons. The number of amides is 1. The lowest BCUT2D eigenvalue weighted by Gasteiger charge is -2.29. The van der Waals surface area contributed by atoms with Crippen molar-refractivity contribution in [2.45, 2.75) is 49.8 Å². The zero-order valence-electron chi connectivity index (χ0n) is 18.7. The van der Waals surface area contributed by atoms with Crippen LogP contribution in [-0.2, 0) is 9.84 Å². The minimum absolute atomic E-state index is 0.0585. The largest absolute Gasteiger partial charge is 0.411 e. The van der Waals surface area contributed by atoms with Crippen LogP contribution in [0.2, 0.25) is 0 Å². The Kier molecular flexibility index (Phi) is 6.26. The summed E-state index contributed by atoms with van der Waals surface area (Å²) in [6, 6.07) is 6.41. The van der Waals surface area contributed by atoms with Gasteiger partial charge in [0.2, 0.25) is 0 Å². The standard InChI is InChI=1S/C22H26N6O4S/c1-13(2)33(30,31)17-8-6-15(7-9-17)18-11-24-14(3)19(25-18)20-26-27-21(32-20)22(29)28-10-4-5-16(23)12-28/h6-9,11,13,16H,4-5,10,12,23H2,1-3H3. The number of sulfone groups is 1. The molecule has 1 amide bonds. The van der Waals surface area contributed by atoms with E-state index in [-0.39, 0.29) is 28.6 Å². The van der Waals surface area contributed by atoms with Gasteiger partial charge in [0.05, 0.1) is 27.7 Å². The topological polar surface area (TPSA) is 145 Å². The molecule has 1 atom stereocenters. The number of aryl methyl sites for hydroxylation is 1. The summed E-state index contributed by atoms with van der Waals surface area (Å²) in [7, 11) is -3.37. The van der Waals surface area contributed by atoms with Gasteiger partial charge >= 0.3 is 11.8 Å². The monoisotopic (exact) mass is 470 g/mol. The molecule has 0 saturated carbocycles. The number of hydrogen-bond acceptors (Lipinski definition) is 9. The van der Waals surface area contributed by atoms with Gasteiger partial charge in [-0.05, 0) is 45.7 Å². The Labute approximate surface area is 192 Å². The number of benzene rings is 1. The number of hydrogen-bond donors (Lipinski definition) is 1. The van der Waals surface area contributed by atoms with Crippen molar-refractivity contribution in [1.82, 2.24) is 25.1 Å². The van der Waals surface area contributed by atoms with Crippen LogP contribution < -0.4 is 5.73 Å². The summed E-state index contributed by atoms with van der Waals surface area (Å²) in [5.74, 6) is -0.382. The predicted molar refractivity (Wildman–Crippen MR) is 121 cm³/mol. The first-order valence-electron chi connectivity index (χ1n) is 10.7. The molecule has 3 heterocycles. The second kappa shape index (κ2) is 8.99. The Bertz CT molecular complexity index is 1270. The van der Waals surface area contributed by atoms with Crippen LogP contribution in [0.5, 0.6) is 0 Å². The summed E-state index contributed by atoms with van der Waals surface area (Å²) in [5, 5.41) is 7.40. The zero-order chi connectivity index (χ0) is 23.8. The summed E-state index contributed by atoms with van der Waals surface area (Å²) in [6.45, 7) is 6.09. The van der Waals surface area contributed by atoms with E-state index in [1.807, 2.05) is 0 Å². The second-order valence-electron chi connectivity index (χ2n) is 8.37. The number of piperidine rings is 1. The number of rotatable bonds is 5. The molecule has 1 unspecified atom stereocenters. The van der Waals surface area contributed by atoms with Gasteiger partial charge in [0.15, 0.2) is 9.84 Å². The maximum atomic E-state index is 12.7. The minimum atomic E-state index is -3.37. The molecule has 1 aliphatic heterocycles. The molecule has 1 saturated heterocycles. The Morgan fingerprint density at radius 3 is 2.61 bits per heavy atom. The highest BCUT2D eigenvalue weighted by Gasteiger charge is 2.27. The molecule has 11 heteroatoms. The SMILES string of the molecule is Cc1ncc(-c2ccc(S(=O)(=O)C(C)C)cc2)nc1-c1nnc(C(=O)N2CCCC(N)C2)o1. The quantitative estimate of drug-likeness (QED) is 0.593. The highest BCUT2D eigenvalue weighted by atomic mass is 32.2. The lowest BCUT2D eigenvalue weighted by molar-refractivity contribution is 0.0669. The zero-order valence-corrected chi connectivity index (χ0v) is 19.5. The molecule has 1 aliphatic rings. The van der Waals surface area contributed by atoms with E-state index in [0.29, 0.717) is 35.7 Å². The summed E-state index contributed by atoms with van der Waals surface area (Å²) >= 11 is 0. The predicted octanol–water partition coefficient (Wildman–Crippen LogP) is 2.25. The third-order valence-electron chi connectivity index (χ3n) is 5.61. The first kappa shape index (κ1) is 23.0. The Morgan fingerprint density at radius 2 is 1.94 bits per heavy atom. The second-order valence-corrected chi connectivity index (χ2v) is 10.9. The Hall–Kier alpha value is -3.18. The van der Waals surface area contributed by atoms with Crippen molar-refractivity contribution in [2.24, 2.45) is 5.73 Å². The molecule has 0 radical (unpaired) electrons. The molecule has 2 aromatic heterocycles.